The highest BCUT2D eigenvalue weighted by atomic mass is 16.8. The molecular formula is C36H36O17. The molecule has 0 aliphatic carbocycles. The van der Waals surface area contributed by atoms with Gasteiger partial charge in [-0.3, -0.25) is 4.79 Å². The van der Waals surface area contributed by atoms with Gasteiger partial charge in [-0.1, -0.05) is 12.1 Å². The average Bonchev–Trinajstić information content (AvgIpc) is 3.12. The highest BCUT2D eigenvalue weighted by molar-refractivity contribution is 5.88. The molecule has 2 aliphatic heterocycles. The number of rotatable bonds is 9. The third-order valence-corrected chi connectivity index (χ3v) is 8.72. The van der Waals surface area contributed by atoms with Gasteiger partial charge in [-0.25, -0.2) is 4.79 Å². The zero-order chi connectivity index (χ0) is 38.1. The van der Waals surface area contributed by atoms with Crippen molar-refractivity contribution in [3.05, 3.63) is 82.5 Å². The van der Waals surface area contributed by atoms with Crippen molar-refractivity contribution in [2.24, 2.45) is 0 Å². The summed E-state index contributed by atoms with van der Waals surface area (Å²) in [5, 5.41) is 93.4. The van der Waals surface area contributed by atoms with Crippen LogP contribution < -0.4 is 10.2 Å². The molecular weight excluding hydrogens is 704 g/mol. The Bertz CT molecular complexity index is 2010. The molecule has 0 bridgehead atoms. The van der Waals surface area contributed by atoms with Crippen molar-refractivity contribution in [2.75, 3.05) is 6.61 Å². The van der Waals surface area contributed by atoms with Crippen LogP contribution in [0.4, 0.5) is 0 Å². The molecule has 0 spiro atoms. The maximum atomic E-state index is 13.9. The zero-order valence-corrected chi connectivity index (χ0v) is 27.7. The maximum Gasteiger partial charge on any atom is 0.330 e. The summed E-state index contributed by atoms with van der Waals surface area (Å²) in [7, 11) is 0. The van der Waals surface area contributed by atoms with E-state index in [9.17, 15) is 55.5 Å². The van der Waals surface area contributed by atoms with E-state index in [1.807, 2.05) is 0 Å². The number of aliphatic hydroxyl groups excluding tert-OH is 5. The monoisotopic (exact) mass is 740 g/mol. The molecule has 4 aromatic rings. The summed E-state index contributed by atoms with van der Waals surface area (Å²) in [6, 6.07) is 13.2. The molecule has 0 amide bonds. The number of phenolic OH excluding ortho intramolecular Hbond substituents is 4. The number of esters is 1. The summed E-state index contributed by atoms with van der Waals surface area (Å²) in [5.74, 6) is -2.90. The zero-order valence-electron chi connectivity index (χ0n) is 27.7. The van der Waals surface area contributed by atoms with Gasteiger partial charge in [-0.2, -0.15) is 0 Å². The summed E-state index contributed by atoms with van der Waals surface area (Å²) in [5.41, 5.74) is -0.454. The summed E-state index contributed by atoms with van der Waals surface area (Å²) in [6.07, 6.45) is -14.8. The third kappa shape index (κ3) is 7.92. The molecule has 0 unspecified atom stereocenters. The van der Waals surface area contributed by atoms with Gasteiger partial charge in [0.2, 0.25) is 17.5 Å². The summed E-state index contributed by atoms with van der Waals surface area (Å²) >= 11 is 0. The molecule has 0 saturated carbocycles. The lowest BCUT2D eigenvalue weighted by molar-refractivity contribution is -0.355. The second-order valence-electron chi connectivity index (χ2n) is 12.5. The minimum atomic E-state index is -1.97. The lowest BCUT2D eigenvalue weighted by atomic mass is 9.97. The van der Waals surface area contributed by atoms with E-state index in [1.54, 1.807) is 12.1 Å². The van der Waals surface area contributed by atoms with Crippen molar-refractivity contribution in [1.29, 1.82) is 0 Å². The van der Waals surface area contributed by atoms with Gasteiger partial charge in [-0.05, 0) is 55.0 Å². The molecule has 6 rings (SSSR count). The summed E-state index contributed by atoms with van der Waals surface area (Å²) in [4.78, 5) is 26.3. The normalized spacial score (nSPS) is 28.9. The predicted molar refractivity (Wildman–Crippen MR) is 180 cm³/mol. The topological polar surface area (TPSA) is 275 Å². The smallest absolute Gasteiger partial charge is 0.330 e. The molecule has 3 aromatic carbocycles. The minimum absolute atomic E-state index is 0.0280. The molecule has 9 N–H and O–H groups in total. The fraction of sp³-hybridized carbons (Fsp3) is 0.333. The minimum Gasteiger partial charge on any atom is -0.508 e. The van der Waals surface area contributed by atoms with E-state index >= 15 is 0 Å². The molecule has 3 heterocycles. The number of hydrogen-bond donors (Lipinski definition) is 9. The van der Waals surface area contributed by atoms with Crippen LogP contribution in [0.15, 0.2) is 76.0 Å². The van der Waals surface area contributed by atoms with Crippen LogP contribution in [0.5, 0.6) is 28.7 Å². The van der Waals surface area contributed by atoms with Gasteiger partial charge in [-0.15, -0.1) is 0 Å². The Morgan fingerprint density at radius 2 is 1.43 bits per heavy atom. The Labute approximate surface area is 299 Å². The van der Waals surface area contributed by atoms with Crippen molar-refractivity contribution in [3.8, 4) is 40.1 Å². The highest BCUT2D eigenvalue weighted by Crippen LogP contribution is 2.38. The Balaban J connectivity index is 1.27. The first-order chi connectivity index (χ1) is 25.2. The van der Waals surface area contributed by atoms with Gasteiger partial charge >= 0.3 is 5.97 Å². The van der Waals surface area contributed by atoms with Crippen molar-refractivity contribution in [2.45, 2.75) is 68.3 Å². The number of phenols is 4. The number of ether oxygens (including phenoxy) is 5. The standard InChI is InChI=1S/C36H36O17/c1-15-26(42)30(46)34(53-35-31(47)29(45)27(43)23(51-35)14-48-24(41)11-4-16-2-7-18(37)8-3-16)36(49-15)52-33-28(44)25-21(40)12-20(39)13-22(25)50-32(33)17-5-9-19(38)10-6-17/h2-13,15,23,26-27,29-31,34-40,42-43,45-47H,14H2,1H3/b11-4+/t15-,23+,26-,27+,29-,30+,31+,34+,35-,36-/m0/s1. The Kier molecular flexibility index (Phi) is 10.9. The van der Waals surface area contributed by atoms with Crippen LogP contribution in [-0.2, 0) is 23.7 Å². The van der Waals surface area contributed by atoms with E-state index < -0.39 is 102 Å². The number of hydrogen-bond acceptors (Lipinski definition) is 17. The maximum absolute atomic E-state index is 13.9. The van der Waals surface area contributed by atoms with Gasteiger partial charge in [0.05, 0.1) is 6.10 Å². The number of aliphatic hydroxyl groups is 5. The predicted octanol–water partition coefficient (Wildman–Crippen LogP) is 0.577. The van der Waals surface area contributed by atoms with Crippen molar-refractivity contribution < 1.29 is 78.9 Å². The van der Waals surface area contributed by atoms with E-state index in [2.05, 4.69) is 0 Å². The number of aromatic hydroxyl groups is 4. The first-order valence-electron chi connectivity index (χ1n) is 16.2. The molecule has 53 heavy (non-hydrogen) atoms. The molecule has 0 radical (unpaired) electrons. The molecule has 17 heteroatoms. The summed E-state index contributed by atoms with van der Waals surface area (Å²) in [6.45, 7) is 0.741. The summed E-state index contributed by atoms with van der Waals surface area (Å²) < 4.78 is 34.3. The van der Waals surface area contributed by atoms with Crippen LogP contribution >= 0.6 is 0 Å². The van der Waals surface area contributed by atoms with E-state index in [4.69, 9.17) is 28.1 Å². The first kappa shape index (κ1) is 37.5. The van der Waals surface area contributed by atoms with Crippen molar-refractivity contribution in [1.82, 2.24) is 0 Å². The Morgan fingerprint density at radius 1 is 0.774 bits per heavy atom. The molecule has 2 saturated heterocycles. The fourth-order valence-corrected chi connectivity index (χ4v) is 5.82. The van der Waals surface area contributed by atoms with Crippen LogP contribution in [-0.4, -0.2) is 120 Å². The van der Waals surface area contributed by atoms with Crippen molar-refractivity contribution in [3.63, 3.8) is 0 Å². The van der Waals surface area contributed by atoms with Crippen LogP contribution in [0.25, 0.3) is 28.4 Å². The van der Waals surface area contributed by atoms with Crippen LogP contribution in [0, 0.1) is 0 Å². The second-order valence-corrected chi connectivity index (χ2v) is 12.5. The lowest BCUT2D eigenvalue weighted by Crippen LogP contribution is -2.64. The van der Waals surface area contributed by atoms with E-state index in [0.717, 1.165) is 18.2 Å². The van der Waals surface area contributed by atoms with Crippen LogP contribution in [0.1, 0.15) is 12.5 Å². The largest absolute Gasteiger partial charge is 0.508 e. The van der Waals surface area contributed by atoms with Gasteiger partial charge in [0.15, 0.2) is 18.2 Å². The molecule has 2 fully saturated rings. The molecule has 10 atom stereocenters. The SMILES string of the molecule is C[C@@H]1O[C@@H](Oc2c(-c3ccc(O)cc3)oc3cc(O)cc(O)c3c2=O)[C@H](O[C@@H]2O[C@H](COC(=O)/C=C/c3ccc(O)cc3)[C@@H](O)[C@H](O)[C@H]2O)[C@H](O)[C@H]1O. The molecule has 2 aliphatic rings. The Morgan fingerprint density at radius 3 is 2.11 bits per heavy atom. The van der Waals surface area contributed by atoms with Crippen LogP contribution in [0.2, 0.25) is 0 Å². The number of carbonyl (C=O) groups excluding carboxylic acids is 1. The van der Waals surface area contributed by atoms with Crippen molar-refractivity contribution >= 4 is 23.0 Å². The van der Waals surface area contributed by atoms with Gasteiger partial charge in [0.25, 0.3) is 0 Å². The van der Waals surface area contributed by atoms with E-state index in [0.29, 0.717) is 5.56 Å². The van der Waals surface area contributed by atoms with Gasteiger partial charge in [0, 0.05) is 23.8 Å². The molecule has 1 aromatic heterocycles. The first-order valence-corrected chi connectivity index (χ1v) is 16.2. The molecule has 17 nitrogen and oxygen atoms in total. The van der Waals surface area contributed by atoms with Gasteiger partial charge < -0.3 is 74.1 Å². The van der Waals surface area contributed by atoms with Crippen LogP contribution in [0.3, 0.4) is 0 Å². The van der Waals surface area contributed by atoms with E-state index in [1.165, 1.54) is 49.4 Å². The lowest BCUT2D eigenvalue weighted by Gasteiger charge is -2.45. The number of benzene rings is 3. The molecule has 282 valence electrons. The fourth-order valence-electron chi connectivity index (χ4n) is 5.82. The second kappa shape index (κ2) is 15.4. The quantitative estimate of drug-likeness (QED) is 0.0838. The number of fused-ring (bicyclic) bond motifs is 1. The Hall–Kier alpha value is -5.24. The average molecular weight is 741 g/mol. The number of carbonyl (C=O) groups is 1. The van der Waals surface area contributed by atoms with E-state index in [-0.39, 0.29) is 28.4 Å². The third-order valence-electron chi connectivity index (χ3n) is 8.72. The highest BCUT2D eigenvalue weighted by Gasteiger charge is 2.51. The van der Waals surface area contributed by atoms with Gasteiger partial charge in [0.1, 0.15) is 77.2 Å².